The van der Waals surface area contributed by atoms with Gasteiger partial charge in [0.2, 0.25) is 0 Å². The Kier molecular flexibility index (Phi) is 6.12. The number of fused-ring (bicyclic) bond motifs is 1. The highest BCUT2D eigenvalue weighted by Crippen LogP contribution is 2.25. The van der Waals surface area contributed by atoms with Crippen molar-refractivity contribution in [1.29, 1.82) is 0 Å². The summed E-state index contributed by atoms with van der Waals surface area (Å²) >= 11 is 1.05. The van der Waals surface area contributed by atoms with Crippen molar-refractivity contribution < 1.29 is 18.3 Å². The van der Waals surface area contributed by atoms with Gasteiger partial charge in [0.25, 0.3) is 0 Å². The molecule has 0 saturated carbocycles. The molecule has 0 aliphatic rings. The number of carboxylic acid groups (broad SMARTS) is 1. The molecule has 0 amide bonds. The summed E-state index contributed by atoms with van der Waals surface area (Å²) in [5.74, 6) is 3.64. The first-order valence-corrected chi connectivity index (χ1v) is 12.3. The zero-order valence-corrected chi connectivity index (χ0v) is 18.8. The number of aromatic nitrogens is 2. The summed E-state index contributed by atoms with van der Waals surface area (Å²) in [5, 5.41) is 9.63. The molecule has 0 fully saturated rings. The molecule has 4 aromatic rings. The lowest BCUT2D eigenvalue weighted by molar-refractivity contribution is -0.140. The van der Waals surface area contributed by atoms with Gasteiger partial charge in [-0.05, 0) is 43.3 Å². The van der Waals surface area contributed by atoms with Crippen molar-refractivity contribution >= 4 is 38.2 Å². The molecular weight excluding hydrogens is 444 g/mol. The number of hydrogen-bond acceptors (Lipinski definition) is 5. The topological polar surface area (TPSA) is 100 Å². The Labute approximate surface area is 189 Å². The highest BCUT2D eigenvalue weighted by molar-refractivity contribution is 7.93. The molecule has 0 spiro atoms. The molecule has 2 aromatic carbocycles. The van der Waals surface area contributed by atoms with Gasteiger partial charge in [-0.3, -0.25) is 4.79 Å². The average molecular weight is 465 g/mol. The molecule has 0 aliphatic carbocycles. The van der Waals surface area contributed by atoms with Crippen LogP contribution in [0.2, 0.25) is 0 Å². The minimum atomic E-state index is -3.79. The van der Waals surface area contributed by atoms with Gasteiger partial charge in [-0.15, -0.1) is 11.3 Å². The van der Waals surface area contributed by atoms with Gasteiger partial charge >= 0.3 is 5.97 Å². The molecule has 0 aliphatic heterocycles. The molecule has 8 heteroatoms. The van der Waals surface area contributed by atoms with Gasteiger partial charge in [0.05, 0.1) is 27.6 Å². The Morgan fingerprint density at radius 2 is 1.84 bits per heavy atom. The number of para-hydroxylation sites is 2. The maximum absolute atomic E-state index is 12.9. The van der Waals surface area contributed by atoms with E-state index in [-0.39, 0.29) is 10.6 Å². The fourth-order valence-corrected chi connectivity index (χ4v) is 6.03. The molecule has 2 N–H and O–H groups in total. The van der Waals surface area contributed by atoms with E-state index in [1.54, 1.807) is 6.07 Å². The molecular formula is C24H20N2O4S2. The zero-order valence-electron chi connectivity index (χ0n) is 17.2. The Bertz CT molecular complexity index is 1410. The smallest absolute Gasteiger partial charge is 0.307 e. The maximum Gasteiger partial charge on any atom is 0.307 e. The lowest BCUT2D eigenvalue weighted by atomic mass is 10.1. The van der Waals surface area contributed by atoms with E-state index < -0.39 is 27.5 Å². The molecule has 2 aromatic heterocycles. The number of aryl methyl sites for hydroxylation is 1. The van der Waals surface area contributed by atoms with Crippen molar-refractivity contribution in [1.82, 2.24) is 9.97 Å². The number of nitrogens with one attached hydrogen (secondary N) is 1. The molecule has 162 valence electrons. The van der Waals surface area contributed by atoms with Crippen LogP contribution in [-0.2, 0) is 21.1 Å². The van der Waals surface area contributed by atoms with E-state index >= 15 is 0 Å². The van der Waals surface area contributed by atoms with Gasteiger partial charge in [-0.25, -0.2) is 13.4 Å². The van der Waals surface area contributed by atoms with Gasteiger partial charge in [0.1, 0.15) is 10.0 Å². The zero-order chi connectivity index (χ0) is 22.7. The number of carboxylic acids is 1. The van der Waals surface area contributed by atoms with Crippen LogP contribution in [0.15, 0.2) is 64.9 Å². The van der Waals surface area contributed by atoms with Crippen LogP contribution in [0.3, 0.4) is 0 Å². The van der Waals surface area contributed by atoms with Crippen molar-refractivity contribution in [3.05, 3.63) is 82.5 Å². The summed E-state index contributed by atoms with van der Waals surface area (Å²) in [7, 11) is -3.79. The normalized spacial score (nSPS) is 12.3. The Morgan fingerprint density at radius 3 is 2.56 bits per heavy atom. The summed E-state index contributed by atoms with van der Waals surface area (Å²) in [6.07, 6.45) is -0.00525. The van der Waals surface area contributed by atoms with Crippen LogP contribution in [0, 0.1) is 24.7 Å². The molecule has 1 atom stereocenters. The molecule has 0 bridgehead atoms. The number of nitrogens with zero attached hydrogens (tertiary/aromatic N) is 1. The number of H-pyrrole nitrogens is 1. The number of hydrogen-bond donors (Lipinski definition) is 2. The van der Waals surface area contributed by atoms with E-state index in [9.17, 15) is 18.3 Å². The number of thiophene rings is 1. The lowest BCUT2D eigenvalue weighted by Crippen LogP contribution is -2.26. The highest BCUT2D eigenvalue weighted by atomic mass is 32.2. The summed E-state index contributed by atoms with van der Waals surface area (Å²) < 4.78 is 25.9. The van der Waals surface area contributed by atoms with E-state index in [4.69, 9.17) is 0 Å². The van der Waals surface area contributed by atoms with Crippen LogP contribution < -0.4 is 0 Å². The van der Waals surface area contributed by atoms with Crippen molar-refractivity contribution in [3.8, 4) is 11.8 Å². The summed E-state index contributed by atoms with van der Waals surface area (Å²) in [5.41, 5.74) is 3.47. The molecule has 6 nitrogen and oxygen atoms in total. The molecule has 0 unspecified atom stereocenters. The van der Waals surface area contributed by atoms with Crippen LogP contribution in [0.5, 0.6) is 0 Å². The van der Waals surface area contributed by atoms with E-state index in [0.29, 0.717) is 16.2 Å². The first-order chi connectivity index (χ1) is 15.3. The Morgan fingerprint density at radius 1 is 1.09 bits per heavy atom. The van der Waals surface area contributed by atoms with Crippen LogP contribution in [0.25, 0.3) is 11.0 Å². The van der Waals surface area contributed by atoms with Crippen molar-refractivity contribution in [2.75, 3.05) is 5.75 Å². The quantitative estimate of drug-likeness (QED) is 0.419. The summed E-state index contributed by atoms with van der Waals surface area (Å²) in [4.78, 5) is 19.8. The van der Waals surface area contributed by atoms with Gasteiger partial charge in [0, 0.05) is 12.0 Å². The number of sulfone groups is 1. The number of carbonyl (C=O) groups is 1. The fourth-order valence-electron chi connectivity index (χ4n) is 3.23. The average Bonchev–Trinajstić information content (AvgIpc) is 3.39. The predicted octanol–water partition coefficient (Wildman–Crippen LogP) is 4.05. The monoisotopic (exact) mass is 464 g/mol. The Hall–Kier alpha value is -3.41. The summed E-state index contributed by atoms with van der Waals surface area (Å²) in [6.45, 7) is 1.99. The van der Waals surface area contributed by atoms with Crippen LogP contribution in [0.1, 0.15) is 21.8 Å². The van der Waals surface area contributed by atoms with Crippen LogP contribution >= 0.6 is 11.3 Å². The van der Waals surface area contributed by atoms with E-state index in [2.05, 4.69) is 21.8 Å². The second-order valence-electron chi connectivity index (χ2n) is 7.46. The second kappa shape index (κ2) is 8.99. The van der Waals surface area contributed by atoms with Crippen molar-refractivity contribution in [2.24, 2.45) is 5.92 Å². The number of rotatable bonds is 6. The van der Waals surface area contributed by atoms with Crippen molar-refractivity contribution in [2.45, 2.75) is 17.6 Å². The predicted molar refractivity (Wildman–Crippen MR) is 124 cm³/mol. The fraction of sp³-hybridized carbons (Fsp3) is 0.167. The van der Waals surface area contributed by atoms with Gasteiger partial charge in [-0.2, -0.15) is 0 Å². The maximum atomic E-state index is 12.9. The molecule has 2 heterocycles. The number of aliphatic carboxylic acids is 1. The van der Waals surface area contributed by atoms with E-state index in [1.165, 1.54) is 6.07 Å². The first kappa shape index (κ1) is 21.8. The second-order valence-corrected chi connectivity index (χ2v) is 10.8. The lowest BCUT2D eigenvalue weighted by Gasteiger charge is -2.10. The summed E-state index contributed by atoms with van der Waals surface area (Å²) in [6, 6.07) is 18.2. The first-order valence-electron chi connectivity index (χ1n) is 9.88. The molecule has 4 rings (SSSR count). The van der Waals surface area contributed by atoms with E-state index in [0.717, 1.165) is 28.0 Å². The van der Waals surface area contributed by atoms with Gasteiger partial charge < -0.3 is 10.1 Å². The number of benzene rings is 2. The third-order valence-corrected chi connectivity index (χ3v) is 8.31. The third kappa shape index (κ3) is 5.07. The standard InChI is InChI=1S/C24H20N2O4S2/c1-16-6-8-17(9-7-16)10-11-19-12-13-23(31-19)32(29,30)15-18(24(27)28)14-22-25-20-4-2-3-5-21(20)26-22/h2-9,12-13,18H,14-15H2,1H3,(H,25,26)(H,27,28)/t18-/m0/s1. The van der Waals surface area contributed by atoms with Crippen LogP contribution in [0.4, 0.5) is 0 Å². The minimum Gasteiger partial charge on any atom is -0.481 e. The Balaban J connectivity index is 1.50. The molecule has 0 saturated heterocycles. The van der Waals surface area contributed by atoms with Crippen molar-refractivity contribution in [3.63, 3.8) is 0 Å². The third-order valence-electron chi connectivity index (χ3n) is 4.92. The minimum absolute atomic E-state index is 0.00525. The number of imidazole rings is 1. The van der Waals surface area contributed by atoms with Gasteiger partial charge in [0.15, 0.2) is 9.84 Å². The number of aromatic amines is 1. The molecule has 32 heavy (non-hydrogen) atoms. The largest absolute Gasteiger partial charge is 0.481 e. The highest BCUT2D eigenvalue weighted by Gasteiger charge is 2.29. The van der Waals surface area contributed by atoms with E-state index in [1.807, 2.05) is 55.5 Å². The van der Waals surface area contributed by atoms with Crippen LogP contribution in [-0.4, -0.2) is 35.2 Å². The van der Waals surface area contributed by atoms with Gasteiger partial charge in [-0.1, -0.05) is 41.7 Å². The molecule has 0 radical (unpaired) electrons. The SMILES string of the molecule is Cc1ccc(C#Cc2ccc(S(=O)(=O)C[C@H](Cc3nc4ccccc4[nH]3)C(=O)O)s2)cc1.